The highest BCUT2D eigenvalue weighted by atomic mass is 31.2. The number of rotatable bonds is 5. The number of carbonyl (C=O) groups is 1. The van der Waals surface area contributed by atoms with Crippen molar-refractivity contribution in [3.8, 4) is 0 Å². The molecule has 1 fully saturated rings. The van der Waals surface area contributed by atoms with Crippen LogP contribution in [0.25, 0.3) is 0 Å². The number of anilines is 1. The van der Waals surface area contributed by atoms with Gasteiger partial charge in [-0.15, -0.1) is 0 Å². The van der Waals surface area contributed by atoms with Crippen LogP contribution in [0.15, 0.2) is 6.33 Å². The molecule has 0 spiro atoms. The Balaban J connectivity index is 2.16. The van der Waals surface area contributed by atoms with Gasteiger partial charge in [0.25, 0.3) is 5.91 Å². The molecule has 2 rings (SSSR count). The Morgan fingerprint density at radius 3 is 2.59 bits per heavy atom. The van der Waals surface area contributed by atoms with Gasteiger partial charge in [-0.2, -0.15) is 0 Å². The molecule has 0 aromatic carbocycles. The number of aliphatic hydroxyl groups excluding tert-OH is 2. The van der Waals surface area contributed by atoms with Gasteiger partial charge < -0.3 is 36.2 Å². The summed E-state index contributed by atoms with van der Waals surface area (Å²) < 4.78 is 21.2. The number of ether oxygens (including phenoxy) is 1. The first-order valence-electron chi connectivity index (χ1n) is 5.95. The SMILES string of the molecule is NC(=O)c1ncn([C@@H]2O[C@H](COP(=O)(O)O)[C@H](O)[C@H]2O)c1N. The minimum absolute atomic E-state index is 0.180. The van der Waals surface area contributed by atoms with E-state index < -0.39 is 44.9 Å². The number of imidazole rings is 1. The third-order valence-corrected chi connectivity index (χ3v) is 3.57. The van der Waals surface area contributed by atoms with E-state index in [0.717, 1.165) is 10.9 Å². The molecule has 1 aromatic rings. The van der Waals surface area contributed by atoms with Crippen LogP contribution in [0.5, 0.6) is 0 Å². The lowest BCUT2D eigenvalue weighted by Gasteiger charge is -2.17. The number of aliphatic hydroxyl groups is 2. The van der Waals surface area contributed by atoms with Crippen LogP contribution in [0.3, 0.4) is 0 Å². The third kappa shape index (κ3) is 3.28. The maximum Gasteiger partial charge on any atom is 0.469 e. The van der Waals surface area contributed by atoms with Crippen LogP contribution < -0.4 is 11.5 Å². The van der Waals surface area contributed by atoms with E-state index in [0.29, 0.717) is 0 Å². The summed E-state index contributed by atoms with van der Waals surface area (Å²) in [6.07, 6.45) is -4.33. The Labute approximate surface area is 123 Å². The van der Waals surface area contributed by atoms with Crippen molar-refractivity contribution in [3.05, 3.63) is 12.0 Å². The van der Waals surface area contributed by atoms with Crippen LogP contribution in [0, 0.1) is 0 Å². The minimum atomic E-state index is -4.75. The molecule has 8 N–H and O–H groups in total. The normalized spacial score (nSPS) is 28.9. The molecule has 4 atom stereocenters. The number of hydrogen-bond donors (Lipinski definition) is 6. The number of nitrogens with two attached hydrogens (primary N) is 2. The highest BCUT2D eigenvalue weighted by Gasteiger charge is 2.45. The van der Waals surface area contributed by atoms with Gasteiger partial charge in [0.1, 0.15) is 24.1 Å². The fourth-order valence-corrected chi connectivity index (χ4v) is 2.37. The second-order valence-corrected chi connectivity index (χ2v) is 5.82. The van der Waals surface area contributed by atoms with Gasteiger partial charge in [0.05, 0.1) is 12.9 Å². The predicted octanol–water partition coefficient (Wildman–Crippen LogP) is -2.71. The number of phosphoric ester groups is 1. The summed E-state index contributed by atoms with van der Waals surface area (Å²) in [7, 11) is -4.75. The molecule has 13 heteroatoms. The number of amides is 1. The van der Waals surface area contributed by atoms with Gasteiger partial charge in [0, 0.05) is 0 Å². The number of primary amides is 1. The summed E-state index contributed by atoms with van der Waals surface area (Å²) in [4.78, 5) is 32.0. The largest absolute Gasteiger partial charge is 0.469 e. The molecule has 1 saturated heterocycles. The molecular formula is C9H15N4O8P. The van der Waals surface area contributed by atoms with Crippen LogP contribution in [-0.4, -0.2) is 60.4 Å². The fraction of sp³-hybridized carbons (Fsp3) is 0.556. The second kappa shape index (κ2) is 5.93. The lowest BCUT2D eigenvalue weighted by atomic mass is 10.1. The van der Waals surface area contributed by atoms with E-state index in [1.165, 1.54) is 0 Å². The summed E-state index contributed by atoms with van der Waals surface area (Å²) >= 11 is 0. The van der Waals surface area contributed by atoms with E-state index in [9.17, 15) is 19.6 Å². The number of nitrogens with zero attached hydrogens (tertiary/aromatic N) is 2. The lowest BCUT2D eigenvalue weighted by Crippen LogP contribution is -2.33. The second-order valence-electron chi connectivity index (χ2n) is 4.58. The molecule has 124 valence electrons. The smallest absolute Gasteiger partial charge is 0.387 e. The summed E-state index contributed by atoms with van der Waals surface area (Å²) in [6, 6.07) is 0. The first kappa shape index (κ1) is 16.8. The fourth-order valence-electron chi connectivity index (χ4n) is 2.03. The molecule has 22 heavy (non-hydrogen) atoms. The van der Waals surface area contributed by atoms with E-state index in [4.69, 9.17) is 26.0 Å². The summed E-state index contributed by atoms with van der Waals surface area (Å²) in [5, 5.41) is 19.8. The maximum absolute atomic E-state index is 11.1. The Morgan fingerprint density at radius 1 is 1.45 bits per heavy atom. The Hall–Kier alpha value is -1.53. The van der Waals surface area contributed by atoms with E-state index >= 15 is 0 Å². The molecular weight excluding hydrogens is 323 g/mol. The van der Waals surface area contributed by atoms with Crippen molar-refractivity contribution in [1.29, 1.82) is 0 Å². The van der Waals surface area contributed by atoms with Crippen molar-refractivity contribution in [2.75, 3.05) is 12.3 Å². The van der Waals surface area contributed by atoms with Crippen molar-refractivity contribution in [2.24, 2.45) is 5.73 Å². The Bertz CT molecular complexity index is 615. The third-order valence-electron chi connectivity index (χ3n) is 3.08. The number of nitrogen functional groups attached to an aromatic ring is 1. The zero-order valence-corrected chi connectivity index (χ0v) is 11.9. The van der Waals surface area contributed by atoms with Crippen LogP contribution in [0.4, 0.5) is 5.82 Å². The van der Waals surface area contributed by atoms with Gasteiger partial charge in [-0.05, 0) is 0 Å². The average molecular weight is 338 g/mol. The van der Waals surface area contributed by atoms with Crippen molar-refractivity contribution in [3.63, 3.8) is 0 Å². The lowest BCUT2D eigenvalue weighted by molar-refractivity contribution is -0.0510. The quantitative estimate of drug-likeness (QED) is 0.306. The van der Waals surface area contributed by atoms with Gasteiger partial charge >= 0.3 is 7.82 Å². The van der Waals surface area contributed by atoms with Crippen LogP contribution in [0.1, 0.15) is 16.7 Å². The van der Waals surface area contributed by atoms with Gasteiger partial charge in [0.15, 0.2) is 11.9 Å². The Kier molecular flexibility index (Phi) is 4.54. The maximum atomic E-state index is 11.1. The number of aromatic nitrogens is 2. The number of hydrogen-bond acceptors (Lipinski definition) is 8. The molecule has 0 bridgehead atoms. The monoisotopic (exact) mass is 338 g/mol. The van der Waals surface area contributed by atoms with Crippen molar-refractivity contribution in [2.45, 2.75) is 24.5 Å². The van der Waals surface area contributed by atoms with E-state index in [2.05, 4.69) is 9.51 Å². The first-order chi connectivity index (χ1) is 10.1. The number of phosphoric acid groups is 1. The first-order valence-corrected chi connectivity index (χ1v) is 7.48. The molecule has 0 unspecified atom stereocenters. The average Bonchev–Trinajstić information content (AvgIpc) is 2.90. The molecule has 12 nitrogen and oxygen atoms in total. The van der Waals surface area contributed by atoms with E-state index in [1.807, 2.05) is 0 Å². The Morgan fingerprint density at radius 2 is 2.09 bits per heavy atom. The van der Waals surface area contributed by atoms with E-state index in [-0.39, 0.29) is 11.5 Å². The van der Waals surface area contributed by atoms with E-state index in [1.54, 1.807) is 0 Å². The topological polar surface area (TPSA) is 203 Å². The molecule has 0 aliphatic carbocycles. The highest BCUT2D eigenvalue weighted by molar-refractivity contribution is 7.46. The van der Waals surface area contributed by atoms with Crippen molar-refractivity contribution in [1.82, 2.24) is 9.55 Å². The zero-order chi connectivity index (χ0) is 16.7. The molecule has 2 heterocycles. The summed E-state index contributed by atoms with van der Waals surface area (Å²) in [5.41, 5.74) is 10.5. The van der Waals surface area contributed by atoms with Crippen LogP contribution >= 0.6 is 7.82 Å². The molecule has 0 radical (unpaired) electrons. The number of carbonyl (C=O) groups excluding carboxylic acids is 1. The zero-order valence-electron chi connectivity index (χ0n) is 11.0. The minimum Gasteiger partial charge on any atom is -0.387 e. The van der Waals surface area contributed by atoms with Crippen molar-refractivity contribution >= 4 is 19.5 Å². The standard InChI is InChI=1S/C9H15N4O8P/c10-7-4(8(11)16)12-2-13(7)9-6(15)5(14)3(21-9)1-20-22(17,18)19/h2-3,5-6,9,14-15H,1,10H2,(H2,11,16)(H2,17,18,19)/t3-,5+,6-,9-/m1/s1. The van der Waals surface area contributed by atoms with Crippen molar-refractivity contribution < 1.29 is 38.6 Å². The molecule has 1 aliphatic heterocycles. The van der Waals surface area contributed by atoms with Crippen LogP contribution in [-0.2, 0) is 13.8 Å². The predicted molar refractivity (Wildman–Crippen MR) is 69.1 cm³/mol. The van der Waals surface area contributed by atoms with Gasteiger partial charge in [-0.1, -0.05) is 0 Å². The molecule has 1 amide bonds. The molecule has 1 aliphatic rings. The summed E-state index contributed by atoms with van der Waals surface area (Å²) in [5.74, 6) is -1.06. The molecule has 1 aromatic heterocycles. The summed E-state index contributed by atoms with van der Waals surface area (Å²) in [6.45, 7) is -0.656. The highest BCUT2D eigenvalue weighted by Crippen LogP contribution is 2.38. The van der Waals surface area contributed by atoms with Gasteiger partial charge in [0.2, 0.25) is 0 Å². The van der Waals surface area contributed by atoms with Gasteiger partial charge in [-0.3, -0.25) is 13.9 Å². The van der Waals surface area contributed by atoms with Gasteiger partial charge in [-0.25, -0.2) is 9.55 Å². The molecule has 0 saturated carbocycles. The van der Waals surface area contributed by atoms with Crippen LogP contribution in [0.2, 0.25) is 0 Å².